The fraction of sp³-hybridized carbons (Fsp3) is 0.314. The van der Waals surface area contributed by atoms with E-state index in [9.17, 15) is 0 Å². The van der Waals surface area contributed by atoms with Gasteiger partial charge in [-0.25, -0.2) is 0 Å². The van der Waals surface area contributed by atoms with Crippen LogP contribution in [0.2, 0.25) is 0 Å². The minimum Gasteiger partial charge on any atom is -0.369 e. The summed E-state index contributed by atoms with van der Waals surface area (Å²) < 4.78 is 26.0. The maximum atomic E-state index is 6.78. The first-order valence-corrected chi connectivity index (χ1v) is 16.3. The van der Waals surface area contributed by atoms with E-state index < -0.39 is 6.29 Å². The highest BCUT2D eigenvalue weighted by Crippen LogP contribution is 2.38. The maximum absolute atomic E-state index is 6.78. The van der Waals surface area contributed by atoms with E-state index in [0.29, 0.717) is 13.2 Å². The molecule has 214 valence electrons. The molecule has 1 aliphatic heterocycles. The van der Waals surface area contributed by atoms with Gasteiger partial charge in [-0.05, 0) is 22.3 Å². The van der Waals surface area contributed by atoms with Crippen molar-refractivity contribution in [2.24, 2.45) is 0 Å². The molecule has 0 radical (unpaired) electrons. The lowest BCUT2D eigenvalue weighted by molar-refractivity contribution is -0.273. The third-order valence-corrected chi connectivity index (χ3v) is 9.63. The van der Waals surface area contributed by atoms with Crippen LogP contribution in [-0.4, -0.2) is 42.7 Å². The van der Waals surface area contributed by atoms with Crippen molar-refractivity contribution in [2.75, 3.05) is 12.9 Å². The molecule has 1 saturated heterocycles. The Labute approximate surface area is 252 Å². The summed E-state index contributed by atoms with van der Waals surface area (Å²) in [6.07, 6.45) is -1.21. The Hall–Kier alpha value is -2.58. The number of hydrogen-bond donors (Lipinski definition) is 0. The van der Waals surface area contributed by atoms with Crippen molar-refractivity contribution in [3.8, 4) is 0 Å². The molecular formula is C35H38O4S2. The molecule has 4 aromatic rings. The van der Waals surface area contributed by atoms with Gasteiger partial charge in [0.25, 0.3) is 0 Å². The first kappa shape index (κ1) is 29.9. The van der Waals surface area contributed by atoms with Gasteiger partial charge in [-0.2, -0.15) is 11.8 Å². The molecule has 1 fully saturated rings. The van der Waals surface area contributed by atoms with E-state index in [4.69, 9.17) is 18.9 Å². The van der Waals surface area contributed by atoms with E-state index in [2.05, 4.69) is 97.1 Å². The van der Waals surface area contributed by atoms with Gasteiger partial charge in [-0.3, -0.25) is 0 Å². The van der Waals surface area contributed by atoms with Gasteiger partial charge in [0.05, 0.1) is 24.6 Å². The lowest BCUT2D eigenvalue weighted by Crippen LogP contribution is -2.59. The van der Waals surface area contributed by atoms with Gasteiger partial charge < -0.3 is 18.9 Å². The van der Waals surface area contributed by atoms with Gasteiger partial charge in [0.2, 0.25) is 0 Å². The molecule has 1 heterocycles. The molecule has 4 aromatic carbocycles. The van der Waals surface area contributed by atoms with Crippen LogP contribution in [0.1, 0.15) is 22.3 Å². The summed E-state index contributed by atoms with van der Waals surface area (Å²) in [5.74, 6) is 2.62. The maximum Gasteiger partial charge on any atom is 0.186 e. The Kier molecular flexibility index (Phi) is 11.8. The summed E-state index contributed by atoms with van der Waals surface area (Å²) in [4.78, 5) is 0. The number of rotatable bonds is 14. The molecule has 0 aliphatic carbocycles. The average molecular weight is 587 g/mol. The predicted molar refractivity (Wildman–Crippen MR) is 170 cm³/mol. The van der Waals surface area contributed by atoms with Gasteiger partial charge in [0.15, 0.2) is 6.29 Å². The van der Waals surface area contributed by atoms with Crippen LogP contribution in [0.25, 0.3) is 0 Å². The van der Waals surface area contributed by atoms with E-state index >= 15 is 0 Å². The zero-order valence-corrected chi connectivity index (χ0v) is 25.1. The molecule has 41 heavy (non-hydrogen) atoms. The molecule has 0 bridgehead atoms. The van der Waals surface area contributed by atoms with E-state index in [-0.39, 0.29) is 23.6 Å². The molecule has 6 heteroatoms. The summed E-state index contributed by atoms with van der Waals surface area (Å²) in [5, 5.41) is 0.0503. The van der Waals surface area contributed by atoms with Crippen LogP contribution in [0.4, 0.5) is 0 Å². The zero-order chi connectivity index (χ0) is 28.1. The first-order valence-electron chi connectivity index (χ1n) is 14.1. The van der Waals surface area contributed by atoms with Crippen molar-refractivity contribution in [1.29, 1.82) is 0 Å². The molecule has 0 N–H and O–H groups in total. The van der Waals surface area contributed by atoms with Gasteiger partial charge in [-0.15, -0.1) is 11.8 Å². The van der Waals surface area contributed by atoms with Crippen LogP contribution >= 0.6 is 23.5 Å². The highest BCUT2D eigenvalue weighted by Gasteiger charge is 2.48. The van der Waals surface area contributed by atoms with Crippen molar-refractivity contribution in [3.05, 3.63) is 144 Å². The SMILES string of the molecule is COC1OC(CSCc2ccccc2)C(SCc2ccccc2)C(OCc2ccccc2)C1OCc1ccccc1. The van der Waals surface area contributed by atoms with Crippen molar-refractivity contribution >= 4 is 23.5 Å². The second-order valence-electron chi connectivity index (χ2n) is 10.1. The van der Waals surface area contributed by atoms with E-state index in [1.54, 1.807) is 7.11 Å². The number of hydrogen-bond acceptors (Lipinski definition) is 6. The fourth-order valence-electron chi connectivity index (χ4n) is 4.94. The topological polar surface area (TPSA) is 36.9 Å². The molecular weight excluding hydrogens is 549 g/mol. The second-order valence-corrected chi connectivity index (χ2v) is 12.3. The number of benzene rings is 4. The third-order valence-electron chi connectivity index (χ3n) is 7.07. The molecule has 5 atom stereocenters. The average Bonchev–Trinajstić information content (AvgIpc) is 3.04. The van der Waals surface area contributed by atoms with Crippen molar-refractivity contribution in [1.82, 2.24) is 0 Å². The highest BCUT2D eigenvalue weighted by atomic mass is 32.2. The van der Waals surface area contributed by atoms with Gasteiger partial charge in [0, 0.05) is 24.4 Å². The van der Waals surface area contributed by atoms with E-state index in [1.807, 2.05) is 47.8 Å². The van der Waals surface area contributed by atoms with E-state index in [1.165, 1.54) is 11.1 Å². The lowest BCUT2D eigenvalue weighted by atomic mass is 10.0. The largest absolute Gasteiger partial charge is 0.369 e. The van der Waals surface area contributed by atoms with Crippen LogP contribution in [0.5, 0.6) is 0 Å². The Bertz CT molecular complexity index is 1260. The Morgan fingerprint density at radius 3 is 1.56 bits per heavy atom. The molecule has 5 rings (SSSR count). The summed E-state index contributed by atoms with van der Waals surface area (Å²) in [5.41, 5.74) is 4.84. The quantitative estimate of drug-likeness (QED) is 0.150. The molecule has 4 nitrogen and oxygen atoms in total. The smallest absolute Gasteiger partial charge is 0.186 e. The number of methoxy groups -OCH3 is 1. The lowest BCUT2D eigenvalue weighted by Gasteiger charge is -2.45. The van der Waals surface area contributed by atoms with Crippen molar-refractivity contribution in [2.45, 2.75) is 54.6 Å². The molecule has 1 aliphatic rings. The minimum atomic E-state index is -0.532. The second kappa shape index (κ2) is 16.2. The molecule has 0 aromatic heterocycles. The molecule has 0 amide bonds. The Balaban J connectivity index is 1.38. The predicted octanol–water partition coefficient (Wildman–Crippen LogP) is 7.76. The molecule has 5 unspecified atom stereocenters. The molecule has 0 saturated carbocycles. The van der Waals surface area contributed by atoms with Crippen molar-refractivity contribution in [3.63, 3.8) is 0 Å². The van der Waals surface area contributed by atoms with Crippen LogP contribution < -0.4 is 0 Å². The normalized spacial score (nSPS) is 22.4. The van der Waals surface area contributed by atoms with Crippen LogP contribution in [0.15, 0.2) is 121 Å². The third kappa shape index (κ3) is 8.95. The monoisotopic (exact) mass is 586 g/mol. The highest BCUT2D eigenvalue weighted by molar-refractivity contribution is 7.99. The summed E-state index contributed by atoms with van der Waals surface area (Å²) >= 11 is 3.78. The Morgan fingerprint density at radius 2 is 1.05 bits per heavy atom. The summed E-state index contributed by atoms with van der Waals surface area (Å²) in [6, 6.07) is 41.8. The van der Waals surface area contributed by atoms with Gasteiger partial charge in [0.1, 0.15) is 12.2 Å². The zero-order valence-electron chi connectivity index (χ0n) is 23.4. The van der Waals surface area contributed by atoms with Gasteiger partial charge in [-0.1, -0.05) is 121 Å². The standard InChI is InChI=1S/C35H38O4S2/c1-36-35-33(38-23-28-16-8-3-9-17-28)32(37-22-27-14-6-2-7-15-27)34(41-25-30-20-12-5-13-21-30)31(39-35)26-40-24-29-18-10-4-11-19-29/h2-21,31-35H,22-26H2,1H3. The minimum absolute atomic E-state index is 0.0503. The molecule has 0 spiro atoms. The van der Waals surface area contributed by atoms with Crippen molar-refractivity contribution < 1.29 is 18.9 Å². The van der Waals surface area contributed by atoms with E-state index in [0.717, 1.165) is 28.4 Å². The van der Waals surface area contributed by atoms with Crippen LogP contribution in [0.3, 0.4) is 0 Å². The fourth-order valence-corrected chi connectivity index (χ4v) is 7.50. The number of ether oxygens (including phenoxy) is 4. The first-order chi connectivity index (χ1) is 20.3. The van der Waals surface area contributed by atoms with Gasteiger partial charge >= 0.3 is 0 Å². The van der Waals surface area contributed by atoms with Crippen LogP contribution in [0, 0.1) is 0 Å². The van der Waals surface area contributed by atoms with Crippen LogP contribution in [-0.2, 0) is 43.7 Å². The summed E-state index contributed by atoms with van der Waals surface area (Å²) in [7, 11) is 1.70. The number of thioether (sulfide) groups is 2. The summed E-state index contributed by atoms with van der Waals surface area (Å²) in [6.45, 7) is 0.961. The Morgan fingerprint density at radius 1 is 0.585 bits per heavy atom.